The van der Waals surface area contributed by atoms with E-state index in [0.717, 1.165) is 18.4 Å². The zero-order valence-corrected chi connectivity index (χ0v) is 18.1. The Kier molecular flexibility index (Phi) is 6.84. The van der Waals surface area contributed by atoms with Crippen LogP contribution in [0.5, 0.6) is 11.5 Å². The highest BCUT2D eigenvalue weighted by atomic mass is 35.5. The molecule has 0 saturated heterocycles. The molecular weight excluding hydrogens is 475 g/mol. The summed E-state index contributed by atoms with van der Waals surface area (Å²) in [4.78, 5) is 12.3. The largest absolute Gasteiger partial charge is 0.486 e. The monoisotopic (exact) mass is 491 g/mol. The molecule has 0 fully saturated rings. The molecule has 2 aromatic carbocycles. The van der Waals surface area contributed by atoms with E-state index in [1.165, 1.54) is 6.21 Å². The Morgan fingerprint density at radius 2 is 1.97 bits per heavy atom. The topological polar surface area (TPSA) is 97.3 Å². The van der Waals surface area contributed by atoms with Crippen LogP contribution in [0.2, 0.25) is 5.02 Å². The molecule has 13 heteroatoms. The van der Waals surface area contributed by atoms with Gasteiger partial charge in [-0.1, -0.05) is 17.7 Å². The molecule has 0 unspecified atom stereocenters. The minimum atomic E-state index is -4.80. The molecule has 1 N–H and O–H groups in total. The van der Waals surface area contributed by atoms with Crippen LogP contribution >= 0.6 is 11.6 Å². The standard InChI is InChI=1S/C19H17ClF3N3O5S/c1-32(28,29)26(13-5-6-15(20)14(9-13)19(21,22)23)11-17(27)25-24-10-12-3-2-4-16-18(12)31-8-7-30-16/h2-6,9-10H,7-8,11H2,1H3,(H,25,27)/b24-10-. The van der Waals surface area contributed by atoms with Gasteiger partial charge in [-0.15, -0.1) is 0 Å². The van der Waals surface area contributed by atoms with Crippen molar-refractivity contribution in [2.45, 2.75) is 6.18 Å². The first-order valence-electron chi connectivity index (χ1n) is 9.02. The fourth-order valence-electron chi connectivity index (χ4n) is 2.82. The summed E-state index contributed by atoms with van der Waals surface area (Å²) in [5.74, 6) is 0.0745. The van der Waals surface area contributed by atoms with Crippen molar-refractivity contribution in [3.8, 4) is 11.5 Å². The van der Waals surface area contributed by atoms with Crippen LogP contribution in [0.4, 0.5) is 18.9 Å². The van der Waals surface area contributed by atoms with E-state index in [1.807, 2.05) is 0 Å². The molecule has 0 spiro atoms. The van der Waals surface area contributed by atoms with Gasteiger partial charge in [-0.2, -0.15) is 18.3 Å². The van der Waals surface area contributed by atoms with Gasteiger partial charge in [-0.25, -0.2) is 13.8 Å². The molecule has 0 saturated carbocycles. The number of alkyl halides is 3. The van der Waals surface area contributed by atoms with Gasteiger partial charge in [-0.05, 0) is 30.3 Å². The third-order valence-electron chi connectivity index (χ3n) is 4.22. The minimum absolute atomic E-state index is 0.342. The van der Waals surface area contributed by atoms with E-state index in [0.29, 0.717) is 40.6 Å². The van der Waals surface area contributed by atoms with E-state index in [-0.39, 0.29) is 5.69 Å². The van der Waals surface area contributed by atoms with Gasteiger partial charge in [0.1, 0.15) is 19.8 Å². The van der Waals surface area contributed by atoms with Crippen molar-refractivity contribution in [3.05, 3.63) is 52.5 Å². The van der Waals surface area contributed by atoms with Crippen LogP contribution in [0.25, 0.3) is 0 Å². The van der Waals surface area contributed by atoms with E-state index >= 15 is 0 Å². The zero-order valence-electron chi connectivity index (χ0n) is 16.5. The summed E-state index contributed by atoms with van der Waals surface area (Å²) in [5, 5.41) is 3.17. The lowest BCUT2D eigenvalue weighted by Crippen LogP contribution is -2.39. The Labute approximate surface area is 186 Å². The average molecular weight is 492 g/mol. The number of sulfonamides is 1. The predicted octanol–water partition coefficient (Wildman–Crippen LogP) is 3.05. The molecule has 172 valence electrons. The Balaban J connectivity index is 1.77. The summed E-state index contributed by atoms with van der Waals surface area (Å²) in [5.41, 5.74) is 1.06. The number of hydrazone groups is 1. The number of nitrogens with zero attached hydrogens (tertiary/aromatic N) is 2. The van der Waals surface area contributed by atoms with Crippen LogP contribution in [0.3, 0.4) is 0 Å². The van der Waals surface area contributed by atoms with Crippen molar-refractivity contribution in [2.24, 2.45) is 5.10 Å². The number of carbonyl (C=O) groups excluding carboxylic acids is 1. The van der Waals surface area contributed by atoms with E-state index in [4.69, 9.17) is 21.1 Å². The quantitative estimate of drug-likeness (QED) is 0.495. The SMILES string of the molecule is CS(=O)(=O)N(CC(=O)N/N=C\c1cccc2c1OCCO2)c1ccc(Cl)c(C(F)(F)F)c1. The number of halogens is 4. The second-order valence-corrected chi connectivity index (χ2v) is 8.91. The fraction of sp³-hybridized carbons (Fsp3) is 0.263. The summed E-state index contributed by atoms with van der Waals surface area (Å²) in [6.45, 7) is -0.0669. The van der Waals surface area contributed by atoms with Crippen LogP contribution < -0.4 is 19.2 Å². The molecule has 0 aromatic heterocycles. The van der Waals surface area contributed by atoms with Crippen LogP contribution in [0, 0.1) is 0 Å². The second-order valence-electron chi connectivity index (χ2n) is 6.60. The van der Waals surface area contributed by atoms with Gasteiger partial charge in [0.05, 0.1) is 28.7 Å². The van der Waals surface area contributed by atoms with Crippen molar-refractivity contribution in [1.29, 1.82) is 0 Å². The number of hydrogen-bond donors (Lipinski definition) is 1. The predicted molar refractivity (Wildman–Crippen MR) is 112 cm³/mol. The number of carbonyl (C=O) groups is 1. The lowest BCUT2D eigenvalue weighted by atomic mass is 10.2. The van der Waals surface area contributed by atoms with Crippen LogP contribution in [-0.2, 0) is 21.0 Å². The first kappa shape index (κ1) is 23.7. The fourth-order valence-corrected chi connectivity index (χ4v) is 3.90. The van der Waals surface area contributed by atoms with Crippen LogP contribution in [-0.4, -0.2) is 46.6 Å². The van der Waals surface area contributed by atoms with Gasteiger partial charge in [0, 0.05) is 5.56 Å². The van der Waals surface area contributed by atoms with Gasteiger partial charge in [0.2, 0.25) is 10.0 Å². The second kappa shape index (κ2) is 9.25. The van der Waals surface area contributed by atoms with Crippen molar-refractivity contribution >= 4 is 39.4 Å². The lowest BCUT2D eigenvalue weighted by molar-refractivity contribution is -0.137. The van der Waals surface area contributed by atoms with E-state index in [9.17, 15) is 26.4 Å². The van der Waals surface area contributed by atoms with Crippen molar-refractivity contribution in [3.63, 3.8) is 0 Å². The number of nitrogens with one attached hydrogen (secondary N) is 1. The first-order chi connectivity index (χ1) is 15.0. The number of para-hydroxylation sites is 1. The van der Waals surface area contributed by atoms with Crippen molar-refractivity contribution < 1.29 is 35.9 Å². The summed E-state index contributed by atoms with van der Waals surface area (Å²) in [6.07, 6.45) is -2.76. The number of benzene rings is 2. The van der Waals surface area contributed by atoms with Crippen LogP contribution in [0.1, 0.15) is 11.1 Å². The Morgan fingerprint density at radius 3 is 2.66 bits per heavy atom. The summed E-state index contributed by atoms with van der Waals surface area (Å²) in [7, 11) is -4.10. The molecule has 1 aliphatic heterocycles. The summed E-state index contributed by atoms with van der Waals surface area (Å²) < 4.78 is 75.1. The molecule has 8 nitrogen and oxygen atoms in total. The third kappa shape index (κ3) is 5.62. The van der Waals surface area contributed by atoms with E-state index in [1.54, 1.807) is 18.2 Å². The molecule has 0 bridgehead atoms. The smallest absolute Gasteiger partial charge is 0.417 e. The number of rotatable bonds is 6. The highest BCUT2D eigenvalue weighted by Gasteiger charge is 2.34. The number of fused-ring (bicyclic) bond motifs is 1. The van der Waals surface area contributed by atoms with Crippen molar-refractivity contribution in [1.82, 2.24) is 5.43 Å². The maximum Gasteiger partial charge on any atom is 0.417 e. The average Bonchev–Trinajstić information content (AvgIpc) is 2.71. The molecule has 1 aliphatic rings. The van der Waals surface area contributed by atoms with E-state index in [2.05, 4.69) is 10.5 Å². The molecule has 1 amide bonds. The maximum absolute atomic E-state index is 13.1. The molecular formula is C19H17ClF3N3O5S. The van der Waals surface area contributed by atoms with Gasteiger partial charge >= 0.3 is 6.18 Å². The number of hydrogen-bond acceptors (Lipinski definition) is 6. The normalized spacial score (nSPS) is 13.8. The van der Waals surface area contributed by atoms with Gasteiger partial charge in [0.25, 0.3) is 5.91 Å². The summed E-state index contributed by atoms with van der Waals surface area (Å²) >= 11 is 5.58. The van der Waals surface area contributed by atoms with Crippen molar-refractivity contribution in [2.75, 3.05) is 30.3 Å². The van der Waals surface area contributed by atoms with Gasteiger partial charge in [-0.3, -0.25) is 9.10 Å². The zero-order chi connectivity index (χ0) is 23.5. The summed E-state index contributed by atoms with van der Waals surface area (Å²) in [6, 6.07) is 7.61. The van der Waals surface area contributed by atoms with Gasteiger partial charge < -0.3 is 9.47 Å². The molecule has 0 aliphatic carbocycles. The first-order valence-corrected chi connectivity index (χ1v) is 11.2. The number of anilines is 1. The minimum Gasteiger partial charge on any atom is -0.486 e. The highest BCUT2D eigenvalue weighted by Crippen LogP contribution is 2.37. The molecule has 2 aromatic rings. The molecule has 1 heterocycles. The number of amides is 1. The van der Waals surface area contributed by atoms with Crippen LogP contribution in [0.15, 0.2) is 41.5 Å². The Morgan fingerprint density at radius 1 is 1.25 bits per heavy atom. The van der Waals surface area contributed by atoms with E-state index < -0.39 is 39.2 Å². The maximum atomic E-state index is 13.1. The molecule has 0 atom stereocenters. The molecule has 32 heavy (non-hydrogen) atoms. The molecule has 0 radical (unpaired) electrons. The Bertz CT molecular complexity index is 1160. The van der Waals surface area contributed by atoms with Gasteiger partial charge in [0.15, 0.2) is 11.5 Å². The third-order valence-corrected chi connectivity index (χ3v) is 5.69. The highest BCUT2D eigenvalue weighted by molar-refractivity contribution is 7.92. The molecule has 3 rings (SSSR count). The Hall–Kier alpha value is -2.99. The lowest BCUT2D eigenvalue weighted by Gasteiger charge is -2.22. The number of ether oxygens (including phenoxy) is 2.